The molecule has 0 fully saturated rings. The number of fused-ring (bicyclic) bond motifs is 3. The van der Waals surface area contributed by atoms with E-state index in [2.05, 4.69) is 89.8 Å². The molecule has 0 spiro atoms. The van der Waals surface area contributed by atoms with E-state index in [0.29, 0.717) is 52.4 Å². The predicted molar refractivity (Wildman–Crippen MR) is 291 cm³/mol. The third-order valence-corrected chi connectivity index (χ3v) is 13.2. The van der Waals surface area contributed by atoms with Gasteiger partial charge in [0, 0.05) is 39.3 Å². The molecule has 72 heavy (non-hydrogen) atoms. The molecule has 5 aromatic carbocycles. The summed E-state index contributed by atoms with van der Waals surface area (Å²) in [5.74, 6) is 0. The van der Waals surface area contributed by atoms with Crippen LogP contribution in [0.1, 0.15) is 103 Å². The van der Waals surface area contributed by atoms with Crippen molar-refractivity contribution in [1.29, 1.82) is 0 Å². The molecule has 5 nitrogen and oxygen atoms in total. The Morgan fingerprint density at radius 2 is 1.14 bits per heavy atom. The summed E-state index contributed by atoms with van der Waals surface area (Å²) < 4.78 is 71.0. The van der Waals surface area contributed by atoms with E-state index in [1.54, 1.807) is 12.1 Å². The molecule has 10 rings (SSSR count). The number of nitrogens with zero attached hydrogens (tertiary/aromatic N) is 4. The Morgan fingerprint density at radius 1 is 0.528 bits per heavy atom. The van der Waals surface area contributed by atoms with Crippen LogP contribution < -0.4 is 0 Å². The maximum atomic E-state index is 10.2. The van der Waals surface area contributed by atoms with Crippen LogP contribution in [0.3, 0.4) is 0 Å². The summed E-state index contributed by atoms with van der Waals surface area (Å²) in [4.78, 5) is 19.0. The molecule has 360 valence electrons. The zero-order chi connectivity index (χ0) is 55.4. The summed E-state index contributed by atoms with van der Waals surface area (Å²) >= 11 is 0. The molecule has 0 amide bonds. The number of hydrogen-bond acceptors (Lipinski definition) is 5. The summed E-state index contributed by atoms with van der Waals surface area (Å²) in [7, 11) is 0. The van der Waals surface area contributed by atoms with Gasteiger partial charge in [-0.3, -0.25) is 0 Å². The third-order valence-electron chi connectivity index (χ3n) is 13.2. The van der Waals surface area contributed by atoms with E-state index < -0.39 is 30.4 Å². The van der Waals surface area contributed by atoms with Crippen molar-refractivity contribution in [3.05, 3.63) is 227 Å². The Morgan fingerprint density at radius 3 is 1.72 bits per heavy atom. The van der Waals surface area contributed by atoms with Crippen LogP contribution in [-0.4, -0.2) is 19.9 Å². The van der Waals surface area contributed by atoms with Crippen LogP contribution in [0.25, 0.3) is 67.0 Å². The molecule has 5 heterocycles. The maximum absolute atomic E-state index is 10.2. The molecule has 0 bridgehead atoms. The monoisotopic (exact) mass is 1130 g/mol. The Hall–Kier alpha value is -6.85. The maximum Gasteiger partial charge on any atom is 3.00 e. The molecule has 5 aromatic heterocycles. The largest absolute Gasteiger partial charge is 3.00 e. The van der Waals surface area contributed by atoms with Crippen molar-refractivity contribution in [3.8, 4) is 44.9 Å². The zero-order valence-electron chi connectivity index (χ0n) is 48.7. The van der Waals surface area contributed by atoms with E-state index in [0.717, 1.165) is 55.9 Å². The average Bonchev–Trinajstić information content (AvgIpc) is 4.02. The van der Waals surface area contributed by atoms with Crippen LogP contribution in [0.5, 0.6) is 0 Å². The van der Waals surface area contributed by atoms with Crippen molar-refractivity contribution in [2.75, 3.05) is 0 Å². The fourth-order valence-corrected chi connectivity index (χ4v) is 9.65. The Labute approximate surface area is 449 Å². The molecule has 0 saturated carbocycles. The van der Waals surface area contributed by atoms with Gasteiger partial charge in [0.15, 0.2) is 0 Å². The molecule has 0 N–H and O–H groups in total. The molecule has 0 radical (unpaired) electrons. The summed E-state index contributed by atoms with van der Waals surface area (Å²) in [6.07, 6.45) is 1.65. The number of aromatic nitrogens is 4. The average molecular weight is 1130 g/mol. The minimum atomic E-state index is -2.67. The van der Waals surface area contributed by atoms with E-state index >= 15 is 0 Å². The zero-order valence-corrected chi connectivity index (χ0v) is 44.1. The molecule has 0 atom stereocenters. The fraction of sp³-hybridized carbons (Fsp3) is 0.242. The van der Waals surface area contributed by atoms with Gasteiger partial charge in [0.25, 0.3) is 0 Å². The van der Waals surface area contributed by atoms with Gasteiger partial charge in [0.1, 0.15) is 0 Å². The summed E-state index contributed by atoms with van der Waals surface area (Å²) in [6, 6.07) is 55.8. The third kappa shape index (κ3) is 11.1. The van der Waals surface area contributed by atoms with Gasteiger partial charge in [-0.2, -0.15) is 0 Å². The second-order valence-electron chi connectivity index (χ2n) is 21.1. The smallest absolute Gasteiger partial charge is 0.486 e. The number of rotatable bonds is 14. The topological polar surface area (TPSA) is 64.7 Å². The molecular formula is C66H61IrN4O. The number of pyridine rings is 4. The molecule has 6 heteroatoms. The quantitative estimate of drug-likeness (QED) is 0.102. The van der Waals surface area contributed by atoms with Crippen molar-refractivity contribution in [2.45, 2.75) is 98.2 Å². The van der Waals surface area contributed by atoms with Gasteiger partial charge >= 0.3 is 20.1 Å². The first kappa shape index (κ1) is 41.7. The van der Waals surface area contributed by atoms with Crippen molar-refractivity contribution in [1.82, 2.24) is 19.9 Å². The SMILES string of the molecule is [2H]C([2H])([2H])c1ccc2c(n1)oc1c(-c3cc(-c4ccccc4CC(C)(C)C)c(C([2H])([2H])C([2H])([2H])c4cc(CC(C)(C)c5ccc(-c6[c-]cccc6)nc5)cc(CC(C)(C)c5ccc(-c6[c-]cccc6)nc5)c4)cn3)[c-]ccc12.[Ir+3]. The summed E-state index contributed by atoms with van der Waals surface area (Å²) in [5, 5.41) is 1.32. The second-order valence-corrected chi connectivity index (χ2v) is 21.1. The van der Waals surface area contributed by atoms with E-state index in [-0.39, 0.29) is 48.1 Å². The molecule has 0 saturated heterocycles. The van der Waals surface area contributed by atoms with Gasteiger partial charge in [0.2, 0.25) is 5.71 Å². The fourth-order valence-electron chi connectivity index (χ4n) is 9.65. The first-order valence-electron chi connectivity index (χ1n) is 27.7. The number of benzene rings is 5. The van der Waals surface area contributed by atoms with Gasteiger partial charge in [0.05, 0.1) is 5.58 Å². The minimum Gasteiger partial charge on any atom is -0.486 e. The van der Waals surface area contributed by atoms with E-state index in [1.165, 1.54) is 12.3 Å². The van der Waals surface area contributed by atoms with E-state index in [4.69, 9.17) is 23.5 Å². The van der Waals surface area contributed by atoms with Gasteiger partial charge in [-0.25, -0.2) is 4.98 Å². The molecule has 0 aliphatic heterocycles. The first-order valence-corrected chi connectivity index (χ1v) is 24.2. The van der Waals surface area contributed by atoms with Crippen LogP contribution in [0, 0.1) is 30.5 Å². The van der Waals surface area contributed by atoms with Gasteiger partial charge < -0.3 is 19.4 Å². The van der Waals surface area contributed by atoms with Crippen LogP contribution in [0.15, 0.2) is 169 Å². The Kier molecular flexibility index (Phi) is 12.0. The van der Waals surface area contributed by atoms with Crippen LogP contribution in [0.4, 0.5) is 0 Å². The van der Waals surface area contributed by atoms with Crippen molar-refractivity contribution in [2.24, 2.45) is 5.41 Å². The van der Waals surface area contributed by atoms with Crippen molar-refractivity contribution >= 4 is 22.1 Å². The van der Waals surface area contributed by atoms with Gasteiger partial charge in [-0.15, -0.1) is 90.0 Å². The van der Waals surface area contributed by atoms with Gasteiger partial charge in [-0.05, 0) is 134 Å². The number of furan rings is 1. The predicted octanol–water partition coefficient (Wildman–Crippen LogP) is 16.0. The van der Waals surface area contributed by atoms with Gasteiger partial charge in [-0.1, -0.05) is 132 Å². The van der Waals surface area contributed by atoms with E-state index in [1.807, 2.05) is 122 Å². The molecule has 0 aliphatic rings. The summed E-state index contributed by atoms with van der Waals surface area (Å²) in [6.45, 7) is 12.6. The second kappa shape index (κ2) is 20.7. The first-order chi connectivity index (χ1) is 36.9. The normalized spacial score (nSPS) is 14.1. The van der Waals surface area contributed by atoms with Crippen molar-refractivity contribution < 1.29 is 34.1 Å². The molecule has 10 aromatic rings. The van der Waals surface area contributed by atoms with Crippen molar-refractivity contribution in [3.63, 3.8) is 0 Å². The molecule has 0 aliphatic carbocycles. The van der Waals surface area contributed by atoms with Crippen LogP contribution in [0.2, 0.25) is 0 Å². The molecule has 0 unspecified atom stereocenters. The van der Waals surface area contributed by atoms with Crippen LogP contribution >= 0.6 is 0 Å². The standard InChI is InChI=1S/C66H61N4O.Ir/c1-44-26-31-56-55-24-17-25-57(62(55)71-63(56)70-44)61-37-58(54-23-16-15-22-50(54)40-64(2,3)4)51(41-67-61)28-27-45-34-46(38-65(5,6)52-29-32-59(68-42-52)48-18-11-9-12-19-48)36-47(35-45)39-66(7,8)53-30-33-60(69-43-53)49-20-13-10-14-21-49;/h9-18,20,22-24,26,29-37,41-43H,27-28,38-40H2,1-8H3;/q-3;+3/i1D3,27D2,28D2;. The Bertz CT molecular complexity index is 3680. The molecular weight excluding hydrogens is 1060 g/mol. The Balaban J connectivity index is 0.00000757. The van der Waals surface area contributed by atoms with E-state index in [9.17, 15) is 5.48 Å². The summed E-state index contributed by atoms with van der Waals surface area (Å²) in [5.41, 5.74) is 9.93. The number of hydrogen-bond donors (Lipinski definition) is 0. The minimum absolute atomic E-state index is 0. The van der Waals surface area contributed by atoms with Crippen LogP contribution in [-0.2, 0) is 62.9 Å². The number of aryl methyl sites for hydroxylation is 3.